The Morgan fingerprint density at radius 2 is 2.04 bits per heavy atom. The third-order valence-corrected chi connectivity index (χ3v) is 3.65. The van der Waals surface area contributed by atoms with Crippen LogP contribution in [-0.2, 0) is 4.74 Å². The van der Waals surface area contributed by atoms with Crippen molar-refractivity contribution in [2.24, 2.45) is 0 Å². The summed E-state index contributed by atoms with van der Waals surface area (Å²) in [6.07, 6.45) is 1.04. The van der Waals surface area contributed by atoms with Gasteiger partial charge in [-0.2, -0.15) is 4.98 Å². The molecule has 1 atom stereocenters. The van der Waals surface area contributed by atoms with Crippen molar-refractivity contribution in [1.29, 1.82) is 0 Å². The van der Waals surface area contributed by atoms with Gasteiger partial charge >= 0.3 is 0 Å². The molecule has 1 aliphatic heterocycles. The van der Waals surface area contributed by atoms with E-state index in [0.717, 1.165) is 24.5 Å². The second-order valence-electron chi connectivity index (χ2n) is 5.38. The molecule has 23 heavy (non-hydrogen) atoms. The lowest BCUT2D eigenvalue weighted by Gasteiger charge is -2.12. The lowest BCUT2D eigenvalue weighted by Crippen LogP contribution is -2.15. The van der Waals surface area contributed by atoms with Gasteiger partial charge in [0.25, 0.3) is 6.01 Å². The van der Waals surface area contributed by atoms with Crippen molar-refractivity contribution in [3.8, 4) is 5.75 Å². The zero-order valence-corrected chi connectivity index (χ0v) is 12.3. The van der Waals surface area contributed by atoms with Gasteiger partial charge in [-0.25, -0.2) is 4.39 Å². The van der Waals surface area contributed by atoms with Crippen LogP contribution in [0.15, 0.2) is 46.9 Å². The van der Waals surface area contributed by atoms with Gasteiger partial charge in [-0.3, -0.25) is 0 Å². The maximum Gasteiger partial charge on any atom is 0.300 e. The van der Waals surface area contributed by atoms with E-state index in [0.29, 0.717) is 23.7 Å². The largest absolute Gasteiger partial charge is 0.488 e. The minimum Gasteiger partial charge on any atom is -0.488 e. The van der Waals surface area contributed by atoms with E-state index in [2.05, 4.69) is 10.3 Å². The van der Waals surface area contributed by atoms with Gasteiger partial charge in [0, 0.05) is 18.2 Å². The molecular weight excluding hydrogens is 299 g/mol. The number of oxazole rings is 1. The summed E-state index contributed by atoms with van der Waals surface area (Å²) >= 11 is 0. The molecule has 0 aliphatic carbocycles. The van der Waals surface area contributed by atoms with Gasteiger partial charge < -0.3 is 19.2 Å². The molecule has 5 nitrogen and oxygen atoms in total. The number of ether oxygens (including phenoxy) is 2. The van der Waals surface area contributed by atoms with Gasteiger partial charge in [0.1, 0.15) is 23.2 Å². The molecule has 1 aliphatic rings. The Kier molecular flexibility index (Phi) is 3.59. The van der Waals surface area contributed by atoms with Crippen molar-refractivity contribution in [2.75, 3.05) is 18.5 Å². The number of anilines is 2. The Balaban J connectivity index is 1.46. The summed E-state index contributed by atoms with van der Waals surface area (Å²) in [4.78, 5) is 4.21. The Labute approximate surface area is 132 Å². The first-order chi connectivity index (χ1) is 11.3. The second-order valence-corrected chi connectivity index (χ2v) is 5.38. The van der Waals surface area contributed by atoms with E-state index in [1.165, 1.54) is 12.1 Å². The molecule has 0 unspecified atom stereocenters. The average Bonchev–Trinajstić information content (AvgIpc) is 3.18. The molecule has 2 aromatic carbocycles. The molecule has 6 heteroatoms. The number of halogens is 1. The van der Waals surface area contributed by atoms with Crippen LogP contribution in [0.4, 0.5) is 16.1 Å². The molecular formula is C17H15FN2O3. The molecule has 0 bridgehead atoms. The normalized spacial score (nSPS) is 17.5. The van der Waals surface area contributed by atoms with E-state index in [9.17, 15) is 4.39 Å². The van der Waals surface area contributed by atoms with Crippen molar-refractivity contribution >= 4 is 22.8 Å². The summed E-state index contributed by atoms with van der Waals surface area (Å²) in [5, 5.41) is 3.05. The number of hydrogen-bond donors (Lipinski definition) is 1. The first-order valence-corrected chi connectivity index (χ1v) is 7.44. The lowest BCUT2D eigenvalue weighted by atomic mass is 10.3. The monoisotopic (exact) mass is 314 g/mol. The molecule has 0 radical (unpaired) electrons. The van der Waals surface area contributed by atoms with Crippen molar-refractivity contribution in [1.82, 2.24) is 4.98 Å². The zero-order valence-electron chi connectivity index (χ0n) is 12.3. The molecule has 1 fully saturated rings. The van der Waals surface area contributed by atoms with Gasteiger partial charge in [0.2, 0.25) is 0 Å². The molecule has 1 aromatic heterocycles. The molecule has 1 saturated heterocycles. The van der Waals surface area contributed by atoms with E-state index in [-0.39, 0.29) is 11.9 Å². The van der Waals surface area contributed by atoms with Crippen LogP contribution in [0, 0.1) is 5.82 Å². The van der Waals surface area contributed by atoms with Gasteiger partial charge in [-0.1, -0.05) is 0 Å². The van der Waals surface area contributed by atoms with Crippen LogP contribution in [0.25, 0.3) is 11.1 Å². The summed E-state index contributed by atoms with van der Waals surface area (Å²) in [7, 11) is 0. The number of aromatic nitrogens is 1. The van der Waals surface area contributed by atoms with E-state index < -0.39 is 0 Å². The molecule has 0 amide bonds. The smallest absolute Gasteiger partial charge is 0.300 e. The van der Waals surface area contributed by atoms with Gasteiger partial charge in [-0.15, -0.1) is 0 Å². The minimum absolute atomic E-state index is 0.126. The standard InChI is InChI=1S/C17H15FN2O3/c18-11-1-6-16-15(9-11)20-17(23-16)19-12-2-4-13(5-3-12)22-14-7-8-21-10-14/h1-6,9,14H,7-8,10H2,(H,19,20)/t14-/m1/s1. The molecule has 3 aromatic rings. The van der Waals surface area contributed by atoms with Crippen LogP contribution in [0.2, 0.25) is 0 Å². The Morgan fingerprint density at radius 1 is 1.17 bits per heavy atom. The Morgan fingerprint density at radius 3 is 2.83 bits per heavy atom. The second kappa shape index (κ2) is 5.89. The first kappa shape index (κ1) is 14.0. The van der Waals surface area contributed by atoms with Crippen LogP contribution in [0.3, 0.4) is 0 Å². The SMILES string of the molecule is Fc1ccc2oc(Nc3ccc(O[C@@H]4CCOC4)cc3)nc2c1. The topological polar surface area (TPSA) is 56.5 Å². The van der Waals surface area contributed by atoms with Crippen molar-refractivity contribution in [3.63, 3.8) is 0 Å². The van der Waals surface area contributed by atoms with Gasteiger partial charge in [0.05, 0.1) is 13.2 Å². The number of hydrogen-bond acceptors (Lipinski definition) is 5. The first-order valence-electron chi connectivity index (χ1n) is 7.44. The number of fused-ring (bicyclic) bond motifs is 1. The average molecular weight is 314 g/mol. The summed E-state index contributed by atoms with van der Waals surface area (Å²) in [5.41, 5.74) is 1.83. The van der Waals surface area contributed by atoms with E-state index in [1.807, 2.05) is 24.3 Å². The zero-order chi connectivity index (χ0) is 15.6. The molecule has 4 rings (SSSR count). The maximum absolute atomic E-state index is 13.2. The van der Waals surface area contributed by atoms with Crippen molar-refractivity contribution in [3.05, 3.63) is 48.3 Å². The van der Waals surface area contributed by atoms with E-state index in [1.54, 1.807) is 6.07 Å². The van der Waals surface area contributed by atoms with Gasteiger partial charge in [0.15, 0.2) is 5.58 Å². The van der Waals surface area contributed by atoms with Crippen LogP contribution in [-0.4, -0.2) is 24.3 Å². The van der Waals surface area contributed by atoms with E-state index in [4.69, 9.17) is 13.9 Å². The molecule has 2 heterocycles. The predicted octanol–water partition coefficient (Wildman–Crippen LogP) is 3.88. The van der Waals surface area contributed by atoms with Crippen LogP contribution >= 0.6 is 0 Å². The number of rotatable bonds is 4. The fraction of sp³-hybridized carbons (Fsp3) is 0.235. The summed E-state index contributed by atoms with van der Waals surface area (Å²) in [6, 6.07) is 12.1. The number of nitrogens with one attached hydrogen (secondary N) is 1. The highest BCUT2D eigenvalue weighted by Crippen LogP contribution is 2.25. The fourth-order valence-corrected chi connectivity index (χ4v) is 2.49. The molecule has 1 N–H and O–H groups in total. The predicted molar refractivity (Wildman–Crippen MR) is 83.5 cm³/mol. The minimum atomic E-state index is -0.338. The number of nitrogens with zero attached hydrogens (tertiary/aromatic N) is 1. The van der Waals surface area contributed by atoms with Gasteiger partial charge in [-0.05, 0) is 36.4 Å². The molecule has 118 valence electrons. The highest BCUT2D eigenvalue weighted by molar-refractivity contribution is 5.75. The quantitative estimate of drug-likeness (QED) is 0.792. The maximum atomic E-state index is 13.2. The van der Waals surface area contributed by atoms with Crippen LogP contribution in [0.5, 0.6) is 5.75 Å². The van der Waals surface area contributed by atoms with Crippen molar-refractivity contribution < 1.29 is 18.3 Å². The third kappa shape index (κ3) is 3.12. The highest BCUT2D eigenvalue weighted by Gasteiger charge is 2.17. The summed E-state index contributed by atoms with van der Waals surface area (Å²) in [6.45, 7) is 1.39. The summed E-state index contributed by atoms with van der Waals surface area (Å²) in [5.74, 6) is 0.459. The highest BCUT2D eigenvalue weighted by atomic mass is 19.1. The van der Waals surface area contributed by atoms with Crippen LogP contribution in [0.1, 0.15) is 6.42 Å². The summed E-state index contributed by atoms with van der Waals surface area (Å²) < 4.78 is 29.8. The van der Waals surface area contributed by atoms with Crippen molar-refractivity contribution in [2.45, 2.75) is 12.5 Å². The Hall–Kier alpha value is -2.60. The lowest BCUT2D eigenvalue weighted by molar-refractivity contribution is 0.141. The van der Waals surface area contributed by atoms with Crippen LogP contribution < -0.4 is 10.1 Å². The Bertz CT molecular complexity index is 810. The molecule has 0 saturated carbocycles. The van der Waals surface area contributed by atoms with E-state index >= 15 is 0 Å². The fourth-order valence-electron chi connectivity index (χ4n) is 2.49. The number of benzene rings is 2. The molecule has 0 spiro atoms. The third-order valence-electron chi connectivity index (χ3n) is 3.65.